The first kappa shape index (κ1) is 22.7. The maximum atomic E-state index is 11.2. The van der Waals surface area contributed by atoms with E-state index in [1.54, 1.807) is 0 Å². The molecule has 0 saturated carbocycles. The highest BCUT2D eigenvalue weighted by Crippen LogP contribution is 2.29. The Balaban J connectivity index is 1.75. The van der Waals surface area contributed by atoms with Crippen LogP contribution in [0.1, 0.15) is 18.1 Å². The van der Waals surface area contributed by atoms with Gasteiger partial charge in [-0.15, -0.1) is 0 Å². The number of hydrogen-bond acceptors (Lipinski definition) is 7. The minimum absolute atomic E-state index is 0.139. The Kier molecular flexibility index (Phi) is 8.62. The second kappa shape index (κ2) is 11.4. The standard InChI is InChI=1S/C22H25ClO7/c1-15(24)26-14-18-19(30-23)20(27-12-16-8-4-2-5-9-16)21(22(25)29-18)28-13-17-10-6-3-7-11-17/h2-11,18-22,25H,12-14H2,1H3/t18-,19-,20+,21-,22?/m1/s1. The molecule has 5 atom stereocenters. The molecule has 0 radical (unpaired) electrons. The van der Waals surface area contributed by atoms with Crippen LogP contribution >= 0.6 is 11.9 Å². The van der Waals surface area contributed by atoms with E-state index in [0.717, 1.165) is 11.1 Å². The molecule has 1 heterocycles. The number of aliphatic hydroxyl groups is 1. The van der Waals surface area contributed by atoms with Gasteiger partial charge in [0.25, 0.3) is 0 Å². The van der Waals surface area contributed by atoms with Crippen LogP contribution in [0.4, 0.5) is 0 Å². The highest BCUT2D eigenvalue weighted by Gasteiger charge is 2.48. The number of ether oxygens (including phenoxy) is 4. The molecule has 162 valence electrons. The number of halogens is 1. The predicted molar refractivity (Wildman–Crippen MR) is 108 cm³/mol. The highest BCUT2D eigenvalue weighted by molar-refractivity contribution is 6.07. The lowest BCUT2D eigenvalue weighted by Crippen LogP contribution is -2.60. The summed E-state index contributed by atoms with van der Waals surface area (Å²) in [6.07, 6.45) is -4.61. The van der Waals surface area contributed by atoms with Crippen molar-refractivity contribution in [2.24, 2.45) is 0 Å². The SMILES string of the molecule is CC(=O)OC[C@H]1OC(O)[C@H](OCc2ccccc2)[C@@H](OCc2ccccc2)[C@@H]1OCl. The van der Waals surface area contributed by atoms with E-state index in [0.29, 0.717) is 0 Å². The van der Waals surface area contributed by atoms with Gasteiger partial charge in [-0.1, -0.05) is 60.7 Å². The Morgan fingerprint density at radius 3 is 1.97 bits per heavy atom. The molecule has 0 spiro atoms. The lowest BCUT2D eigenvalue weighted by Gasteiger charge is -2.43. The summed E-state index contributed by atoms with van der Waals surface area (Å²) in [5, 5.41) is 10.6. The number of hydrogen-bond donors (Lipinski definition) is 1. The Morgan fingerprint density at radius 2 is 1.47 bits per heavy atom. The second-order valence-corrected chi connectivity index (χ2v) is 7.12. The zero-order valence-corrected chi connectivity index (χ0v) is 17.3. The number of carbonyl (C=O) groups excluding carboxylic acids is 1. The van der Waals surface area contributed by atoms with Crippen LogP contribution in [0.5, 0.6) is 0 Å². The molecule has 1 unspecified atom stereocenters. The third-order valence-electron chi connectivity index (χ3n) is 4.73. The summed E-state index contributed by atoms with van der Waals surface area (Å²) in [6, 6.07) is 19.1. The van der Waals surface area contributed by atoms with Gasteiger partial charge in [-0.2, -0.15) is 0 Å². The summed E-state index contributed by atoms with van der Waals surface area (Å²) < 4.78 is 27.7. The van der Waals surface area contributed by atoms with Gasteiger partial charge in [0.15, 0.2) is 6.29 Å². The van der Waals surface area contributed by atoms with Crippen molar-refractivity contribution < 1.29 is 33.1 Å². The minimum Gasteiger partial charge on any atom is -0.463 e. The van der Waals surface area contributed by atoms with Crippen molar-refractivity contribution in [2.45, 2.75) is 50.8 Å². The number of rotatable bonds is 9. The molecule has 30 heavy (non-hydrogen) atoms. The molecule has 3 rings (SSSR count). The molecular formula is C22H25ClO7. The third kappa shape index (κ3) is 6.25. The summed E-state index contributed by atoms with van der Waals surface area (Å²) in [7, 11) is 0. The van der Waals surface area contributed by atoms with E-state index in [-0.39, 0.29) is 19.8 Å². The molecule has 1 saturated heterocycles. The van der Waals surface area contributed by atoms with Gasteiger partial charge in [0.05, 0.1) is 25.1 Å². The first-order valence-corrected chi connectivity index (χ1v) is 9.94. The van der Waals surface area contributed by atoms with Crippen molar-refractivity contribution in [1.82, 2.24) is 0 Å². The van der Waals surface area contributed by atoms with Gasteiger partial charge in [-0.25, -0.2) is 0 Å². The predicted octanol–water partition coefficient (Wildman–Crippen LogP) is 2.98. The minimum atomic E-state index is -1.32. The van der Waals surface area contributed by atoms with Crippen LogP contribution in [0.3, 0.4) is 0 Å². The molecule has 2 aromatic rings. The smallest absolute Gasteiger partial charge is 0.302 e. The van der Waals surface area contributed by atoms with Crippen molar-refractivity contribution in [1.29, 1.82) is 0 Å². The van der Waals surface area contributed by atoms with E-state index in [9.17, 15) is 9.90 Å². The normalized spacial score (nSPS) is 26.3. The number of esters is 1. The molecule has 1 aliphatic rings. The molecule has 0 aromatic heterocycles. The fourth-order valence-electron chi connectivity index (χ4n) is 3.24. The largest absolute Gasteiger partial charge is 0.463 e. The lowest BCUT2D eigenvalue weighted by molar-refractivity contribution is -0.303. The lowest BCUT2D eigenvalue weighted by atomic mass is 9.98. The van der Waals surface area contributed by atoms with Crippen molar-refractivity contribution in [3.8, 4) is 0 Å². The van der Waals surface area contributed by atoms with Crippen molar-refractivity contribution >= 4 is 17.8 Å². The summed E-state index contributed by atoms with van der Waals surface area (Å²) in [6.45, 7) is 1.63. The first-order valence-electron chi connectivity index (χ1n) is 9.64. The molecule has 1 fully saturated rings. The molecule has 0 aliphatic carbocycles. The van der Waals surface area contributed by atoms with Crippen molar-refractivity contribution in [3.63, 3.8) is 0 Å². The highest BCUT2D eigenvalue weighted by atomic mass is 35.5. The van der Waals surface area contributed by atoms with Crippen LogP contribution in [-0.4, -0.2) is 48.4 Å². The van der Waals surface area contributed by atoms with E-state index in [2.05, 4.69) is 0 Å². The summed E-state index contributed by atoms with van der Waals surface area (Å²) in [5.74, 6) is -0.481. The molecule has 7 nitrogen and oxygen atoms in total. The maximum absolute atomic E-state index is 11.2. The molecule has 0 bridgehead atoms. The van der Waals surface area contributed by atoms with Crippen LogP contribution in [0.15, 0.2) is 60.7 Å². The zero-order chi connectivity index (χ0) is 21.3. The van der Waals surface area contributed by atoms with Crippen molar-refractivity contribution in [3.05, 3.63) is 71.8 Å². The Hall–Kier alpha value is -2.00. The van der Waals surface area contributed by atoms with E-state index >= 15 is 0 Å². The maximum Gasteiger partial charge on any atom is 0.302 e. The molecule has 1 aliphatic heterocycles. The fraction of sp³-hybridized carbons (Fsp3) is 0.409. The third-order valence-corrected chi connectivity index (χ3v) is 4.94. The van der Waals surface area contributed by atoms with Crippen LogP contribution in [0.2, 0.25) is 0 Å². The molecule has 2 aromatic carbocycles. The monoisotopic (exact) mass is 436 g/mol. The van der Waals surface area contributed by atoms with E-state index in [1.165, 1.54) is 6.92 Å². The molecular weight excluding hydrogens is 412 g/mol. The van der Waals surface area contributed by atoms with Gasteiger partial charge in [-0.05, 0) is 11.1 Å². The van der Waals surface area contributed by atoms with Gasteiger partial charge >= 0.3 is 5.97 Å². The second-order valence-electron chi connectivity index (χ2n) is 6.94. The van der Waals surface area contributed by atoms with Gasteiger partial charge < -0.3 is 24.1 Å². The van der Waals surface area contributed by atoms with E-state index in [1.807, 2.05) is 60.7 Å². The molecule has 0 amide bonds. The van der Waals surface area contributed by atoms with Gasteiger partial charge in [0, 0.05) is 6.92 Å². The zero-order valence-electron chi connectivity index (χ0n) is 16.6. The molecule has 1 N–H and O–H groups in total. The Bertz CT molecular complexity index is 774. The average molecular weight is 437 g/mol. The number of benzene rings is 2. The van der Waals surface area contributed by atoms with Crippen molar-refractivity contribution in [2.75, 3.05) is 6.61 Å². The van der Waals surface area contributed by atoms with Crippen LogP contribution in [-0.2, 0) is 41.2 Å². The van der Waals surface area contributed by atoms with Gasteiger partial charge in [0.1, 0.15) is 31.0 Å². The molecule has 8 heteroatoms. The summed E-state index contributed by atoms with van der Waals surface area (Å²) in [4.78, 5) is 11.2. The summed E-state index contributed by atoms with van der Waals surface area (Å²) >= 11 is 5.76. The number of carbonyl (C=O) groups is 1. The van der Waals surface area contributed by atoms with Crippen LogP contribution in [0.25, 0.3) is 0 Å². The quantitative estimate of drug-likeness (QED) is 0.605. The van der Waals surface area contributed by atoms with Crippen LogP contribution < -0.4 is 0 Å². The van der Waals surface area contributed by atoms with Gasteiger partial charge in [-0.3, -0.25) is 9.08 Å². The topological polar surface area (TPSA) is 83.5 Å². The van der Waals surface area contributed by atoms with E-state index in [4.69, 9.17) is 35.1 Å². The Morgan fingerprint density at radius 1 is 0.933 bits per heavy atom. The number of aliphatic hydroxyl groups excluding tert-OH is 1. The first-order chi connectivity index (χ1) is 14.6. The van der Waals surface area contributed by atoms with E-state index < -0.39 is 36.7 Å². The van der Waals surface area contributed by atoms with Crippen LogP contribution in [0, 0.1) is 0 Å². The Labute approximate surface area is 180 Å². The average Bonchev–Trinajstić information content (AvgIpc) is 2.76. The van der Waals surface area contributed by atoms with Gasteiger partial charge in [0.2, 0.25) is 0 Å². The fourth-order valence-corrected chi connectivity index (χ4v) is 3.45. The summed E-state index contributed by atoms with van der Waals surface area (Å²) in [5.41, 5.74) is 1.86.